The summed E-state index contributed by atoms with van der Waals surface area (Å²) in [5.41, 5.74) is 5.63. The predicted molar refractivity (Wildman–Crippen MR) is 72.3 cm³/mol. The van der Waals surface area contributed by atoms with E-state index in [0.717, 1.165) is 37.8 Å². The monoisotopic (exact) mass is 238 g/mol. The van der Waals surface area contributed by atoms with Crippen LogP contribution in [-0.4, -0.2) is 48.1 Å². The Labute approximate surface area is 103 Å². The minimum absolute atomic E-state index is 0.287. The standard InChI is InChI=1S/C11H22N6/c1-4-13-9-8-10(16-11(12)15-9)14-6-7-17(3)5-2/h8H,4-7H2,1-3H3,(H4,12,13,14,15,16). The molecule has 0 aliphatic rings. The van der Waals surface area contributed by atoms with Crippen LogP contribution in [0.1, 0.15) is 13.8 Å². The van der Waals surface area contributed by atoms with Gasteiger partial charge in [0.1, 0.15) is 11.6 Å². The Morgan fingerprint density at radius 1 is 1.24 bits per heavy atom. The molecule has 1 rings (SSSR count). The van der Waals surface area contributed by atoms with Gasteiger partial charge in [-0.15, -0.1) is 0 Å². The van der Waals surface area contributed by atoms with Crippen molar-refractivity contribution >= 4 is 17.6 Å². The number of nitrogens with two attached hydrogens (primary N) is 1. The van der Waals surface area contributed by atoms with Crippen molar-refractivity contribution in [2.75, 3.05) is 49.6 Å². The molecular weight excluding hydrogens is 216 g/mol. The third-order valence-electron chi connectivity index (χ3n) is 2.44. The number of nitrogens with one attached hydrogen (secondary N) is 2. The van der Waals surface area contributed by atoms with Crippen molar-refractivity contribution in [2.24, 2.45) is 0 Å². The van der Waals surface area contributed by atoms with Crippen molar-refractivity contribution in [2.45, 2.75) is 13.8 Å². The zero-order valence-electron chi connectivity index (χ0n) is 10.8. The number of hydrogen-bond donors (Lipinski definition) is 3. The average molecular weight is 238 g/mol. The van der Waals surface area contributed by atoms with Crippen LogP contribution in [0.15, 0.2) is 6.07 Å². The van der Waals surface area contributed by atoms with Crippen molar-refractivity contribution in [1.29, 1.82) is 0 Å². The second kappa shape index (κ2) is 6.90. The van der Waals surface area contributed by atoms with Gasteiger partial charge in [0.05, 0.1) is 0 Å². The normalized spacial score (nSPS) is 10.6. The molecule has 6 heteroatoms. The number of likely N-dealkylation sites (N-methyl/N-ethyl adjacent to an activating group) is 1. The van der Waals surface area contributed by atoms with Gasteiger partial charge < -0.3 is 21.3 Å². The SMILES string of the molecule is CCNc1cc(NCCN(C)CC)nc(N)n1. The minimum atomic E-state index is 0.287. The van der Waals surface area contributed by atoms with E-state index < -0.39 is 0 Å². The van der Waals surface area contributed by atoms with Gasteiger partial charge in [0.25, 0.3) is 0 Å². The first-order valence-corrected chi connectivity index (χ1v) is 5.96. The van der Waals surface area contributed by atoms with Gasteiger partial charge in [0, 0.05) is 25.7 Å². The fraction of sp³-hybridized carbons (Fsp3) is 0.636. The largest absolute Gasteiger partial charge is 0.370 e. The molecule has 0 fully saturated rings. The molecule has 17 heavy (non-hydrogen) atoms. The van der Waals surface area contributed by atoms with Gasteiger partial charge in [-0.2, -0.15) is 9.97 Å². The average Bonchev–Trinajstić information content (AvgIpc) is 2.28. The summed E-state index contributed by atoms with van der Waals surface area (Å²) in [6.45, 7) is 7.81. The molecule has 6 nitrogen and oxygen atoms in total. The van der Waals surface area contributed by atoms with Crippen molar-refractivity contribution in [3.63, 3.8) is 0 Å². The highest BCUT2D eigenvalue weighted by atomic mass is 15.1. The summed E-state index contributed by atoms with van der Waals surface area (Å²) in [5, 5.41) is 6.35. The van der Waals surface area contributed by atoms with Crippen molar-refractivity contribution in [1.82, 2.24) is 14.9 Å². The molecular formula is C11H22N6. The summed E-state index contributed by atoms with van der Waals surface area (Å²) >= 11 is 0. The van der Waals surface area contributed by atoms with E-state index in [0.29, 0.717) is 0 Å². The number of anilines is 3. The summed E-state index contributed by atoms with van der Waals surface area (Å²) in [6.07, 6.45) is 0. The molecule has 0 saturated heterocycles. The fourth-order valence-electron chi connectivity index (χ4n) is 1.36. The van der Waals surface area contributed by atoms with E-state index in [1.54, 1.807) is 0 Å². The number of hydrogen-bond acceptors (Lipinski definition) is 6. The topological polar surface area (TPSA) is 79.1 Å². The lowest BCUT2D eigenvalue weighted by molar-refractivity contribution is 0.367. The first-order chi connectivity index (χ1) is 8.15. The fourth-order valence-corrected chi connectivity index (χ4v) is 1.36. The molecule has 0 spiro atoms. The maximum Gasteiger partial charge on any atom is 0.223 e. The van der Waals surface area contributed by atoms with Gasteiger partial charge in [-0.05, 0) is 20.5 Å². The van der Waals surface area contributed by atoms with Gasteiger partial charge in [0.2, 0.25) is 5.95 Å². The van der Waals surface area contributed by atoms with E-state index in [-0.39, 0.29) is 5.95 Å². The summed E-state index contributed by atoms with van der Waals surface area (Å²) in [4.78, 5) is 10.4. The van der Waals surface area contributed by atoms with E-state index in [1.807, 2.05) is 13.0 Å². The Kier molecular flexibility index (Phi) is 5.48. The molecule has 4 N–H and O–H groups in total. The maximum atomic E-state index is 5.63. The zero-order valence-corrected chi connectivity index (χ0v) is 10.8. The Morgan fingerprint density at radius 2 is 1.88 bits per heavy atom. The first-order valence-electron chi connectivity index (χ1n) is 5.96. The molecule has 96 valence electrons. The summed E-state index contributed by atoms with van der Waals surface area (Å²) in [7, 11) is 2.08. The molecule has 0 unspecified atom stereocenters. The number of aromatic nitrogens is 2. The lowest BCUT2D eigenvalue weighted by Crippen LogP contribution is -2.25. The van der Waals surface area contributed by atoms with Crippen molar-refractivity contribution in [3.05, 3.63) is 6.07 Å². The molecule has 0 saturated carbocycles. The van der Waals surface area contributed by atoms with Gasteiger partial charge in [0.15, 0.2) is 0 Å². The smallest absolute Gasteiger partial charge is 0.223 e. The van der Waals surface area contributed by atoms with E-state index >= 15 is 0 Å². The molecule has 0 amide bonds. The van der Waals surface area contributed by atoms with Crippen LogP contribution in [0.4, 0.5) is 17.6 Å². The second-order valence-electron chi connectivity index (χ2n) is 3.85. The Balaban J connectivity index is 2.52. The maximum absolute atomic E-state index is 5.63. The third-order valence-corrected chi connectivity index (χ3v) is 2.44. The Bertz CT molecular complexity index is 341. The van der Waals surface area contributed by atoms with Gasteiger partial charge >= 0.3 is 0 Å². The predicted octanol–water partition coefficient (Wildman–Crippen LogP) is 0.854. The molecule has 1 aromatic heterocycles. The third kappa shape index (κ3) is 4.86. The molecule has 1 heterocycles. The van der Waals surface area contributed by atoms with Crippen LogP contribution in [0.25, 0.3) is 0 Å². The lowest BCUT2D eigenvalue weighted by atomic mass is 10.4. The van der Waals surface area contributed by atoms with E-state index in [1.165, 1.54) is 0 Å². The second-order valence-corrected chi connectivity index (χ2v) is 3.85. The van der Waals surface area contributed by atoms with Crippen molar-refractivity contribution in [3.8, 4) is 0 Å². The van der Waals surface area contributed by atoms with Crippen molar-refractivity contribution < 1.29 is 0 Å². The minimum Gasteiger partial charge on any atom is -0.370 e. The molecule has 0 radical (unpaired) electrons. The number of rotatable bonds is 7. The van der Waals surface area contributed by atoms with E-state index in [2.05, 4.69) is 39.5 Å². The van der Waals surface area contributed by atoms with Crippen LogP contribution in [-0.2, 0) is 0 Å². The highest BCUT2D eigenvalue weighted by molar-refractivity contribution is 5.50. The van der Waals surface area contributed by atoms with Crippen LogP contribution in [0.5, 0.6) is 0 Å². The first kappa shape index (κ1) is 13.5. The summed E-state index contributed by atoms with van der Waals surface area (Å²) in [6, 6.07) is 1.87. The lowest BCUT2D eigenvalue weighted by Gasteiger charge is -2.14. The van der Waals surface area contributed by atoms with E-state index in [4.69, 9.17) is 5.73 Å². The van der Waals surface area contributed by atoms with Crippen LogP contribution < -0.4 is 16.4 Å². The molecule has 0 aliphatic heterocycles. The highest BCUT2D eigenvalue weighted by Crippen LogP contribution is 2.11. The quantitative estimate of drug-likeness (QED) is 0.653. The molecule has 0 aliphatic carbocycles. The molecule has 0 aromatic carbocycles. The number of nitrogen functional groups attached to an aromatic ring is 1. The van der Waals surface area contributed by atoms with Gasteiger partial charge in [-0.3, -0.25) is 0 Å². The van der Waals surface area contributed by atoms with Gasteiger partial charge in [-0.25, -0.2) is 0 Å². The van der Waals surface area contributed by atoms with Crippen LogP contribution >= 0.6 is 0 Å². The highest BCUT2D eigenvalue weighted by Gasteiger charge is 2.01. The molecule has 0 bridgehead atoms. The van der Waals surface area contributed by atoms with Crippen LogP contribution in [0.2, 0.25) is 0 Å². The van der Waals surface area contributed by atoms with Crippen LogP contribution in [0, 0.1) is 0 Å². The Morgan fingerprint density at radius 3 is 2.47 bits per heavy atom. The summed E-state index contributed by atoms with van der Waals surface area (Å²) in [5.74, 6) is 1.80. The van der Waals surface area contributed by atoms with Gasteiger partial charge in [-0.1, -0.05) is 6.92 Å². The molecule has 1 aromatic rings. The van der Waals surface area contributed by atoms with Crippen LogP contribution in [0.3, 0.4) is 0 Å². The molecule has 0 atom stereocenters. The summed E-state index contributed by atoms with van der Waals surface area (Å²) < 4.78 is 0. The Hall–Kier alpha value is -1.56. The van der Waals surface area contributed by atoms with E-state index in [9.17, 15) is 0 Å². The number of nitrogens with zero attached hydrogens (tertiary/aromatic N) is 3. The zero-order chi connectivity index (χ0) is 12.7.